The lowest BCUT2D eigenvalue weighted by atomic mass is 9.92. The molecule has 2 fully saturated rings. The minimum Gasteiger partial charge on any atom is -0.357 e. The Morgan fingerprint density at radius 1 is 1.33 bits per heavy atom. The van der Waals surface area contributed by atoms with Crippen LogP contribution in [0.3, 0.4) is 0 Å². The van der Waals surface area contributed by atoms with E-state index in [0.717, 1.165) is 37.6 Å². The number of nitrogens with zero attached hydrogens (tertiary/aromatic N) is 2. The van der Waals surface area contributed by atoms with Crippen LogP contribution >= 0.6 is 11.3 Å². The summed E-state index contributed by atoms with van der Waals surface area (Å²) in [6, 6.07) is 5.25. The second-order valence-electron chi connectivity index (χ2n) is 7.82. The minimum atomic E-state index is 0.0899. The first-order valence-corrected chi connectivity index (χ1v) is 10.3. The molecule has 1 unspecified atom stereocenters. The highest BCUT2D eigenvalue weighted by Gasteiger charge is 2.34. The summed E-state index contributed by atoms with van der Waals surface area (Å²) in [7, 11) is 0. The van der Waals surface area contributed by atoms with E-state index >= 15 is 0 Å². The summed E-state index contributed by atoms with van der Waals surface area (Å²) in [5, 5.41) is 9.12. The van der Waals surface area contributed by atoms with Crippen LogP contribution in [0.5, 0.6) is 0 Å². The van der Waals surface area contributed by atoms with Crippen molar-refractivity contribution in [2.45, 2.75) is 51.5 Å². The van der Waals surface area contributed by atoms with E-state index in [9.17, 15) is 0 Å². The van der Waals surface area contributed by atoms with E-state index in [-0.39, 0.29) is 5.41 Å². The molecule has 1 aliphatic carbocycles. The van der Waals surface area contributed by atoms with Crippen LogP contribution in [0.1, 0.15) is 44.9 Å². The Hall–Kier alpha value is -1.07. The summed E-state index contributed by atoms with van der Waals surface area (Å²) >= 11 is 1.82. The maximum absolute atomic E-state index is 4.86. The van der Waals surface area contributed by atoms with E-state index in [0.29, 0.717) is 0 Å². The zero-order valence-corrected chi connectivity index (χ0v) is 16.2. The van der Waals surface area contributed by atoms with Gasteiger partial charge in [0.1, 0.15) is 0 Å². The third kappa shape index (κ3) is 4.73. The van der Waals surface area contributed by atoms with E-state index in [4.69, 9.17) is 4.99 Å². The molecule has 24 heavy (non-hydrogen) atoms. The summed E-state index contributed by atoms with van der Waals surface area (Å²) in [6.07, 6.45) is 4.16. The molecule has 0 spiro atoms. The van der Waals surface area contributed by atoms with Gasteiger partial charge in [0.2, 0.25) is 0 Å². The molecule has 4 nitrogen and oxygen atoms in total. The van der Waals surface area contributed by atoms with Crippen molar-refractivity contribution in [2.24, 2.45) is 10.9 Å². The van der Waals surface area contributed by atoms with Crippen molar-refractivity contribution in [1.29, 1.82) is 0 Å². The average Bonchev–Trinajstić information content (AvgIpc) is 3.07. The number of hydrogen-bond acceptors (Lipinski definition) is 3. The SMILES string of the molecule is CCNC(=NCC(C)(C)c1cccs1)NCC1CCN(C2CC2)C1. The molecule has 1 aliphatic heterocycles. The summed E-state index contributed by atoms with van der Waals surface area (Å²) in [5.74, 6) is 1.73. The van der Waals surface area contributed by atoms with Gasteiger partial charge in [0.15, 0.2) is 5.96 Å². The molecule has 1 atom stereocenters. The highest BCUT2D eigenvalue weighted by atomic mass is 32.1. The fraction of sp³-hybridized carbons (Fsp3) is 0.737. The van der Waals surface area contributed by atoms with Gasteiger partial charge in [-0.1, -0.05) is 19.9 Å². The van der Waals surface area contributed by atoms with Crippen molar-refractivity contribution in [1.82, 2.24) is 15.5 Å². The monoisotopic (exact) mass is 348 g/mol. The van der Waals surface area contributed by atoms with Crippen LogP contribution in [0.2, 0.25) is 0 Å². The Kier molecular flexibility index (Phi) is 5.82. The van der Waals surface area contributed by atoms with E-state index < -0.39 is 0 Å². The van der Waals surface area contributed by atoms with E-state index in [1.807, 2.05) is 11.3 Å². The smallest absolute Gasteiger partial charge is 0.191 e. The number of hydrogen-bond donors (Lipinski definition) is 2. The van der Waals surface area contributed by atoms with Gasteiger partial charge in [0.25, 0.3) is 0 Å². The molecule has 0 radical (unpaired) electrons. The minimum absolute atomic E-state index is 0.0899. The van der Waals surface area contributed by atoms with Crippen LogP contribution in [0, 0.1) is 5.92 Å². The van der Waals surface area contributed by atoms with Gasteiger partial charge in [-0.25, -0.2) is 0 Å². The molecule has 5 heteroatoms. The molecule has 2 heterocycles. The molecule has 1 saturated heterocycles. The number of nitrogens with one attached hydrogen (secondary N) is 2. The lowest BCUT2D eigenvalue weighted by molar-refractivity contribution is 0.314. The number of likely N-dealkylation sites (tertiary alicyclic amines) is 1. The number of thiophene rings is 1. The maximum atomic E-state index is 4.86. The molecule has 3 rings (SSSR count). The van der Waals surface area contributed by atoms with Crippen molar-refractivity contribution in [3.05, 3.63) is 22.4 Å². The Bertz CT molecular complexity index is 534. The van der Waals surface area contributed by atoms with Gasteiger partial charge < -0.3 is 15.5 Å². The second kappa shape index (κ2) is 7.87. The van der Waals surface area contributed by atoms with Crippen LogP contribution in [0.25, 0.3) is 0 Å². The van der Waals surface area contributed by atoms with Crippen molar-refractivity contribution < 1.29 is 0 Å². The van der Waals surface area contributed by atoms with Crippen molar-refractivity contribution in [2.75, 3.05) is 32.7 Å². The fourth-order valence-corrected chi connectivity index (χ4v) is 4.25. The third-order valence-corrected chi connectivity index (χ3v) is 6.34. The first kappa shape index (κ1) is 17.7. The molecular weight excluding hydrogens is 316 g/mol. The highest BCUT2D eigenvalue weighted by Crippen LogP contribution is 2.31. The second-order valence-corrected chi connectivity index (χ2v) is 8.77. The van der Waals surface area contributed by atoms with E-state index in [2.05, 4.69) is 53.8 Å². The van der Waals surface area contributed by atoms with Gasteiger partial charge in [-0.2, -0.15) is 0 Å². The standard InChI is InChI=1S/C19H32N4S/c1-4-20-18(22-14-19(2,3)17-6-5-11-24-17)21-12-15-9-10-23(13-15)16-7-8-16/h5-6,11,15-16H,4,7-10,12-14H2,1-3H3,(H2,20,21,22). The summed E-state index contributed by atoms with van der Waals surface area (Å²) in [4.78, 5) is 8.93. The zero-order valence-electron chi connectivity index (χ0n) is 15.3. The van der Waals surface area contributed by atoms with Gasteiger partial charge in [-0.15, -0.1) is 11.3 Å². The van der Waals surface area contributed by atoms with Crippen LogP contribution < -0.4 is 10.6 Å². The van der Waals surface area contributed by atoms with Gasteiger partial charge in [0, 0.05) is 36.0 Å². The van der Waals surface area contributed by atoms with Crippen LogP contribution in [-0.2, 0) is 5.41 Å². The van der Waals surface area contributed by atoms with Gasteiger partial charge in [-0.05, 0) is 50.1 Å². The lowest BCUT2D eigenvalue weighted by Gasteiger charge is -2.22. The van der Waals surface area contributed by atoms with Crippen molar-refractivity contribution in [3.63, 3.8) is 0 Å². The average molecular weight is 349 g/mol. The molecule has 134 valence electrons. The summed E-state index contributed by atoms with van der Waals surface area (Å²) < 4.78 is 0. The van der Waals surface area contributed by atoms with Crippen LogP contribution in [-0.4, -0.2) is 49.6 Å². The van der Waals surface area contributed by atoms with E-state index in [1.165, 1.54) is 37.2 Å². The Balaban J connectivity index is 1.50. The lowest BCUT2D eigenvalue weighted by Crippen LogP contribution is -2.41. The Labute approximate surface area is 150 Å². The summed E-state index contributed by atoms with van der Waals surface area (Å²) in [5.41, 5.74) is 0.0899. The number of aliphatic imine (C=N–C) groups is 1. The Morgan fingerprint density at radius 2 is 2.17 bits per heavy atom. The molecule has 0 amide bonds. The van der Waals surface area contributed by atoms with Crippen LogP contribution in [0.15, 0.2) is 22.5 Å². The fourth-order valence-electron chi connectivity index (χ4n) is 3.40. The van der Waals surface area contributed by atoms with Gasteiger partial charge in [-0.3, -0.25) is 4.99 Å². The van der Waals surface area contributed by atoms with Crippen molar-refractivity contribution in [3.8, 4) is 0 Å². The molecule has 0 aromatic carbocycles. The maximum Gasteiger partial charge on any atom is 0.191 e. The first-order valence-electron chi connectivity index (χ1n) is 9.38. The third-order valence-electron chi connectivity index (χ3n) is 5.10. The zero-order chi connectivity index (χ0) is 17.0. The molecule has 1 aromatic rings. The summed E-state index contributed by atoms with van der Waals surface area (Å²) in [6.45, 7) is 12.0. The topological polar surface area (TPSA) is 39.7 Å². The molecule has 1 saturated carbocycles. The molecule has 0 bridgehead atoms. The highest BCUT2D eigenvalue weighted by molar-refractivity contribution is 7.10. The quantitative estimate of drug-likeness (QED) is 0.588. The van der Waals surface area contributed by atoms with E-state index in [1.54, 1.807) is 0 Å². The molecule has 1 aromatic heterocycles. The first-order chi connectivity index (χ1) is 11.6. The largest absolute Gasteiger partial charge is 0.357 e. The van der Waals surface area contributed by atoms with Gasteiger partial charge in [0.05, 0.1) is 6.54 Å². The number of rotatable bonds is 7. The van der Waals surface area contributed by atoms with Crippen LogP contribution in [0.4, 0.5) is 0 Å². The van der Waals surface area contributed by atoms with Gasteiger partial charge >= 0.3 is 0 Å². The molecule has 2 N–H and O–H groups in total. The van der Waals surface area contributed by atoms with Crippen molar-refractivity contribution >= 4 is 17.3 Å². The normalized spacial score (nSPS) is 22.8. The number of guanidine groups is 1. The Morgan fingerprint density at radius 3 is 2.83 bits per heavy atom. The molecular formula is C19H32N4S. The molecule has 2 aliphatic rings. The predicted molar refractivity (Wildman–Crippen MR) is 104 cm³/mol. The predicted octanol–water partition coefficient (Wildman–Crippen LogP) is 3.07.